The fraction of sp³-hybridized carbons (Fsp3) is 0.300. The molecule has 0 saturated heterocycles. The summed E-state index contributed by atoms with van der Waals surface area (Å²) in [7, 11) is 1.65. The van der Waals surface area contributed by atoms with E-state index in [-0.39, 0.29) is 24.1 Å². The Bertz CT molecular complexity index is 761. The van der Waals surface area contributed by atoms with Crippen LogP contribution < -0.4 is 9.47 Å². The molecule has 1 atom stereocenters. The van der Waals surface area contributed by atoms with E-state index in [1.807, 2.05) is 0 Å². The fourth-order valence-corrected chi connectivity index (χ4v) is 2.29. The number of hydrogen-bond donors (Lipinski definition) is 0. The van der Waals surface area contributed by atoms with Gasteiger partial charge in [0.2, 0.25) is 0 Å². The van der Waals surface area contributed by atoms with Crippen LogP contribution in [0.2, 0.25) is 0 Å². The zero-order valence-electron chi connectivity index (χ0n) is 15.1. The monoisotopic (exact) mass is 359 g/mol. The highest BCUT2D eigenvalue weighted by molar-refractivity contribution is 5.94. The van der Waals surface area contributed by atoms with Gasteiger partial charge in [-0.2, -0.15) is 0 Å². The number of nitrogens with zero attached hydrogens (tertiary/aromatic N) is 1. The maximum atomic E-state index is 12.8. The third-order valence-electron chi connectivity index (χ3n) is 3.79. The Morgan fingerprint density at radius 1 is 1.12 bits per heavy atom. The minimum atomic E-state index is -0.701. The maximum Gasteiger partial charge on any atom is 0.263 e. The molecule has 1 unspecified atom stereocenters. The molecule has 0 aromatic heterocycles. The van der Waals surface area contributed by atoms with Gasteiger partial charge in [0.25, 0.3) is 5.91 Å². The van der Waals surface area contributed by atoms with Crippen LogP contribution in [0.4, 0.5) is 4.39 Å². The van der Waals surface area contributed by atoms with Crippen molar-refractivity contribution in [2.45, 2.75) is 20.0 Å². The van der Waals surface area contributed by atoms with Crippen LogP contribution in [0.15, 0.2) is 48.5 Å². The summed E-state index contributed by atoms with van der Waals surface area (Å²) < 4.78 is 24.0. The van der Waals surface area contributed by atoms with E-state index in [4.69, 9.17) is 9.47 Å². The summed E-state index contributed by atoms with van der Waals surface area (Å²) in [5.41, 5.74) is 0.531. The van der Waals surface area contributed by atoms with Crippen molar-refractivity contribution in [3.05, 3.63) is 59.9 Å². The van der Waals surface area contributed by atoms with Crippen LogP contribution in [0, 0.1) is 5.82 Å². The van der Waals surface area contributed by atoms with Gasteiger partial charge in [-0.15, -0.1) is 0 Å². The first-order chi connectivity index (χ1) is 12.4. The third kappa shape index (κ3) is 5.58. The van der Waals surface area contributed by atoms with E-state index in [0.717, 1.165) is 0 Å². The highest BCUT2D eigenvalue weighted by Crippen LogP contribution is 2.16. The predicted molar refractivity (Wildman–Crippen MR) is 96.1 cm³/mol. The van der Waals surface area contributed by atoms with Gasteiger partial charge in [-0.05, 0) is 50.2 Å². The molecule has 0 aliphatic carbocycles. The maximum absolute atomic E-state index is 12.8. The van der Waals surface area contributed by atoms with Crippen molar-refractivity contribution in [3.63, 3.8) is 0 Å². The predicted octanol–water partition coefficient (Wildman–Crippen LogP) is 3.33. The van der Waals surface area contributed by atoms with Gasteiger partial charge in [-0.3, -0.25) is 9.59 Å². The zero-order valence-corrected chi connectivity index (χ0v) is 15.1. The molecule has 138 valence electrons. The number of likely N-dealkylation sites (N-methyl/N-ethyl adjacent to an activating group) is 1. The average Bonchev–Trinajstić information content (AvgIpc) is 2.62. The molecule has 6 heteroatoms. The van der Waals surface area contributed by atoms with Gasteiger partial charge in [0.05, 0.1) is 6.54 Å². The Labute approximate surface area is 152 Å². The number of rotatable bonds is 8. The topological polar surface area (TPSA) is 55.8 Å². The van der Waals surface area contributed by atoms with Crippen LogP contribution in [0.25, 0.3) is 0 Å². The lowest BCUT2D eigenvalue weighted by atomic mass is 10.1. The number of hydrogen-bond acceptors (Lipinski definition) is 4. The van der Waals surface area contributed by atoms with Crippen molar-refractivity contribution in [1.82, 2.24) is 4.90 Å². The van der Waals surface area contributed by atoms with Crippen molar-refractivity contribution in [1.29, 1.82) is 0 Å². The molecule has 0 saturated carbocycles. The van der Waals surface area contributed by atoms with E-state index in [1.54, 1.807) is 38.2 Å². The quantitative estimate of drug-likeness (QED) is 0.679. The van der Waals surface area contributed by atoms with E-state index in [1.165, 1.54) is 36.1 Å². The molecule has 0 radical (unpaired) electrons. The standard InChI is InChI=1S/C20H22FNO4/c1-14(23)16-5-4-6-19(13-16)26-15(2)20(24)22(3)11-12-25-18-9-7-17(21)8-10-18/h4-10,13,15H,11-12H2,1-3H3. The summed E-state index contributed by atoms with van der Waals surface area (Å²) in [4.78, 5) is 25.3. The van der Waals surface area contributed by atoms with E-state index in [0.29, 0.717) is 23.6 Å². The molecule has 0 fully saturated rings. The Balaban J connectivity index is 1.83. The van der Waals surface area contributed by atoms with Gasteiger partial charge >= 0.3 is 0 Å². The van der Waals surface area contributed by atoms with Gasteiger partial charge in [0, 0.05) is 12.6 Å². The van der Waals surface area contributed by atoms with Crippen molar-refractivity contribution >= 4 is 11.7 Å². The van der Waals surface area contributed by atoms with E-state index >= 15 is 0 Å². The van der Waals surface area contributed by atoms with Gasteiger partial charge in [0.1, 0.15) is 23.9 Å². The van der Waals surface area contributed by atoms with Crippen LogP contribution in [-0.4, -0.2) is 42.9 Å². The Hall–Kier alpha value is -2.89. The molecule has 26 heavy (non-hydrogen) atoms. The van der Waals surface area contributed by atoms with E-state index in [9.17, 15) is 14.0 Å². The molecule has 1 amide bonds. The summed E-state index contributed by atoms with van der Waals surface area (Å²) in [6.45, 7) is 3.76. The molecule has 2 aromatic rings. The van der Waals surface area contributed by atoms with E-state index < -0.39 is 6.10 Å². The number of carbonyl (C=O) groups is 2. The molecular formula is C20H22FNO4. The largest absolute Gasteiger partial charge is 0.492 e. The minimum absolute atomic E-state index is 0.0653. The molecule has 0 N–H and O–H groups in total. The molecule has 0 aliphatic heterocycles. The lowest BCUT2D eigenvalue weighted by Crippen LogP contribution is -2.39. The molecule has 0 heterocycles. The summed E-state index contributed by atoms with van der Waals surface area (Å²) in [5.74, 6) is 0.405. The lowest BCUT2D eigenvalue weighted by molar-refractivity contribution is -0.136. The number of benzene rings is 2. The van der Waals surface area contributed by atoms with Gasteiger partial charge in [-0.25, -0.2) is 4.39 Å². The Morgan fingerprint density at radius 2 is 1.81 bits per heavy atom. The molecule has 5 nitrogen and oxygen atoms in total. The number of carbonyl (C=O) groups excluding carboxylic acids is 2. The van der Waals surface area contributed by atoms with Gasteiger partial charge < -0.3 is 14.4 Å². The first kappa shape index (κ1) is 19.4. The second-order valence-corrected chi connectivity index (χ2v) is 5.91. The van der Waals surface area contributed by atoms with Crippen molar-refractivity contribution in [3.8, 4) is 11.5 Å². The van der Waals surface area contributed by atoms with Crippen LogP contribution in [0.3, 0.4) is 0 Å². The van der Waals surface area contributed by atoms with Gasteiger partial charge in [0.15, 0.2) is 11.9 Å². The number of amides is 1. The summed E-state index contributed by atoms with van der Waals surface area (Å²) in [6.07, 6.45) is -0.701. The minimum Gasteiger partial charge on any atom is -0.492 e. The molecule has 2 rings (SSSR count). The fourth-order valence-electron chi connectivity index (χ4n) is 2.29. The Kier molecular flexibility index (Phi) is 6.72. The number of ether oxygens (including phenoxy) is 2. The molecule has 2 aromatic carbocycles. The average molecular weight is 359 g/mol. The lowest BCUT2D eigenvalue weighted by Gasteiger charge is -2.22. The smallest absolute Gasteiger partial charge is 0.263 e. The van der Waals surface area contributed by atoms with Crippen molar-refractivity contribution < 1.29 is 23.5 Å². The molecular weight excluding hydrogens is 337 g/mol. The molecule has 0 aliphatic rings. The van der Waals surface area contributed by atoms with Crippen molar-refractivity contribution in [2.75, 3.05) is 20.2 Å². The molecule has 0 spiro atoms. The third-order valence-corrected chi connectivity index (χ3v) is 3.79. The first-order valence-electron chi connectivity index (χ1n) is 8.28. The van der Waals surface area contributed by atoms with Crippen molar-refractivity contribution in [2.24, 2.45) is 0 Å². The Morgan fingerprint density at radius 3 is 2.46 bits per heavy atom. The van der Waals surface area contributed by atoms with Crippen LogP contribution in [-0.2, 0) is 4.79 Å². The van der Waals surface area contributed by atoms with Crippen LogP contribution >= 0.6 is 0 Å². The van der Waals surface area contributed by atoms with E-state index in [2.05, 4.69) is 0 Å². The SMILES string of the molecule is CC(=O)c1cccc(OC(C)C(=O)N(C)CCOc2ccc(F)cc2)c1. The number of halogens is 1. The van der Waals surface area contributed by atoms with Gasteiger partial charge in [-0.1, -0.05) is 12.1 Å². The highest BCUT2D eigenvalue weighted by atomic mass is 19.1. The first-order valence-corrected chi connectivity index (χ1v) is 8.28. The van der Waals surface area contributed by atoms with Crippen LogP contribution in [0.5, 0.6) is 11.5 Å². The highest BCUT2D eigenvalue weighted by Gasteiger charge is 2.19. The summed E-state index contributed by atoms with van der Waals surface area (Å²) in [5, 5.41) is 0. The molecule has 0 bridgehead atoms. The number of ketones is 1. The second kappa shape index (κ2) is 8.99. The second-order valence-electron chi connectivity index (χ2n) is 5.91. The normalized spacial score (nSPS) is 11.5. The summed E-state index contributed by atoms with van der Waals surface area (Å²) >= 11 is 0. The summed E-state index contributed by atoms with van der Waals surface area (Å²) in [6, 6.07) is 12.4. The van der Waals surface area contributed by atoms with Crippen LogP contribution in [0.1, 0.15) is 24.2 Å². The zero-order chi connectivity index (χ0) is 19.1. The number of Topliss-reactive ketones (excluding diaryl/α,β-unsaturated/α-hetero) is 1.